The molecule has 1 aliphatic carbocycles. The number of aromatic nitrogens is 1. The Kier molecular flexibility index (Phi) is 5.02. The van der Waals surface area contributed by atoms with Crippen LogP contribution in [-0.4, -0.2) is 27.8 Å². The molecular weight excluding hydrogens is 440 g/mol. The number of imide groups is 1. The first-order valence-corrected chi connectivity index (χ1v) is 11.6. The highest BCUT2D eigenvalue weighted by molar-refractivity contribution is 9.10. The summed E-state index contributed by atoms with van der Waals surface area (Å²) in [7, 11) is 0. The number of halogens is 1. The largest absolute Gasteiger partial charge is 0.333 e. The highest BCUT2D eigenvalue weighted by Gasteiger charge is 2.35. The molecule has 0 radical (unpaired) electrons. The summed E-state index contributed by atoms with van der Waals surface area (Å²) in [5, 5.41) is 1.29. The average Bonchev–Trinajstić information content (AvgIpc) is 3.17. The van der Waals surface area contributed by atoms with Crippen LogP contribution < -0.4 is 0 Å². The Hall–Kier alpha value is -2.40. The summed E-state index contributed by atoms with van der Waals surface area (Å²) in [4.78, 5) is 26.9. The number of carbonyl (C=O) groups excluding carboxylic acids is 2. The van der Waals surface area contributed by atoms with Crippen LogP contribution in [0, 0.1) is 6.92 Å². The van der Waals surface area contributed by atoms with E-state index in [1.807, 2.05) is 12.1 Å². The number of benzene rings is 2. The maximum absolute atomic E-state index is 12.8. The summed E-state index contributed by atoms with van der Waals surface area (Å²) in [6, 6.07) is 13.7. The molecule has 2 aromatic carbocycles. The predicted octanol–water partition coefficient (Wildman–Crippen LogP) is 6.06. The quantitative estimate of drug-likeness (QED) is 0.440. The average molecular weight is 465 g/mol. The van der Waals surface area contributed by atoms with Crippen LogP contribution in [0.15, 0.2) is 47.1 Å². The summed E-state index contributed by atoms with van der Waals surface area (Å²) < 4.78 is 3.35. The Balaban J connectivity index is 1.49. The number of nitrogens with zero attached hydrogens (tertiary/aromatic N) is 2. The summed E-state index contributed by atoms with van der Waals surface area (Å²) in [5.74, 6) is 0.192. The Labute approximate surface area is 185 Å². The number of hydrogen-bond acceptors (Lipinski definition) is 2. The van der Waals surface area contributed by atoms with Crippen molar-refractivity contribution in [3.63, 3.8) is 0 Å². The van der Waals surface area contributed by atoms with Gasteiger partial charge in [0.1, 0.15) is 0 Å². The predicted molar refractivity (Wildman–Crippen MR) is 122 cm³/mol. The molecule has 1 fully saturated rings. The fourth-order valence-corrected chi connectivity index (χ4v) is 6.00. The van der Waals surface area contributed by atoms with Crippen molar-refractivity contribution < 1.29 is 9.59 Å². The highest BCUT2D eigenvalue weighted by atomic mass is 79.9. The molecule has 30 heavy (non-hydrogen) atoms. The summed E-state index contributed by atoms with van der Waals surface area (Å²) in [5.41, 5.74) is 4.81. The molecule has 0 spiro atoms. The first-order chi connectivity index (χ1) is 14.6. The van der Waals surface area contributed by atoms with Crippen molar-refractivity contribution in [2.75, 3.05) is 6.54 Å². The SMILES string of the molecule is Cc1ccc2c(C3CCCCC3)c(Br)n(CCN3C(=O)c4ccccc4C3=O)c2c1. The number of carbonyl (C=O) groups is 2. The smallest absolute Gasteiger partial charge is 0.261 e. The Morgan fingerprint density at radius 3 is 2.27 bits per heavy atom. The topological polar surface area (TPSA) is 42.3 Å². The second kappa shape index (κ2) is 7.69. The standard InChI is InChI=1S/C25H25BrN2O2/c1-16-11-12-20-21(15-16)27(23(26)22(20)17-7-3-2-4-8-17)13-14-28-24(29)18-9-5-6-10-19(18)25(28)30/h5-6,9-12,15,17H,2-4,7-8,13-14H2,1H3. The monoisotopic (exact) mass is 464 g/mol. The molecule has 1 aliphatic heterocycles. The molecule has 0 N–H and O–H groups in total. The van der Waals surface area contributed by atoms with Gasteiger partial charge in [0.2, 0.25) is 0 Å². The molecule has 3 aromatic rings. The van der Waals surface area contributed by atoms with Crippen molar-refractivity contribution in [1.29, 1.82) is 0 Å². The third kappa shape index (κ3) is 3.11. The van der Waals surface area contributed by atoms with Gasteiger partial charge in [0.05, 0.1) is 15.7 Å². The summed E-state index contributed by atoms with van der Waals surface area (Å²) in [6.45, 7) is 3.06. The normalized spacial score (nSPS) is 17.2. The number of hydrogen-bond donors (Lipinski definition) is 0. The molecule has 0 atom stereocenters. The van der Waals surface area contributed by atoms with Crippen LogP contribution in [0.2, 0.25) is 0 Å². The molecule has 2 heterocycles. The van der Waals surface area contributed by atoms with Crippen molar-refractivity contribution in [3.05, 3.63) is 69.3 Å². The Morgan fingerprint density at radius 2 is 1.60 bits per heavy atom. The van der Waals surface area contributed by atoms with Gasteiger partial charge in [-0.25, -0.2) is 0 Å². The van der Waals surface area contributed by atoms with E-state index >= 15 is 0 Å². The number of fused-ring (bicyclic) bond motifs is 2. The zero-order valence-corrected chi connectivity index (χ0v) is 18.7. The summed E-state index contributed by atoms with van der Waals surface area (Å²) >= 11 is 3.90. The molecule has 4 nitrogen and oxygen atoms in total. The lowest BCUT2D eigenvalue weighted by Crippen LogP contribution is -2.33. The zero-order valence-electron chi connectivity index (χ0n) is 17.2. The third-order valence-electron chi connectivity index (χ3n) is 6.63. The van der Waals surface area contributed by atoms with E-state index in [2.05, 4.69) is 45.6 Å². The minimum Gasteiger partial charge on any atom is -0.333 e. The van der Waals surface area contributed by atoms with Crippen molar-refractivity contribution in [1.82, 2.24) is 9.47 Å². The lowest BCUT2D eigenvalue weighted by Gasteiger charge is -2.22. The maximum atomic E-state index is 12.8. The molecule has 0 bridgehead atoms. The number of rotatable bonds is 4. The molecule has 2 amide bonds. The molecule has 1 saturated carbocycles. The van der Waals surface area contributed by atoms with Gasteiger partial charge in [0.25, 0.3) is 11.8 Å². The van der Waals surface area contributed by atoms with Crippen molar-refractivity contribution in [2.24, 2.45) is 0 Å². The van der Waals surface area contributed by atoms with Gasteiger partial charge in [0.15, 0.2) is 0 Å². The minimum absolute atomic E-state index is 0.188. The minimum atomic E-state index is -0.188. The van der Waals surface area contributed by atoms with Crippen LogP contribution in [0.25, 0.3) is 10.9 Å². The lowest BCUT2D eigenvalue weighted by molar-refractivity contribution is 0.0649. The summed E-state index contributed by atoms with van der Waals surface area (Å²) in [6.07, 6.45) is 6.34. The van der Waals surface area contributed by atoms with Crippen molar-refractivity contribution in [3.8, 4) is 0 Å². The third-order valence-corrected chi connectivity index (χ3v) is 7.49. The van der Waals surface area contributed by atoms with Crippen LogP contribution in [0.1, 0.15) is 69.9 Å². The molecule has 1 aromatic heterocycles. The molecule has 0 unspecified atom stereocenters. The van der Waals surface area contributed by atoms with Gasteiger partial charge in [0, 0.05) is 24.0 Å². The van der Waals surface area contributed by atoms with E-state index in [1.165, 1.54) is 59.0 Å². The molecule has 2 aliphatic rings. The van der Waals surface area contributed by atoms with Gasteiger partial charge >= 0.3 is 0 Å². The van der Waals surface area contributed by atoms with E-state index in [1.54, 1.807) is 12.1 Å². The van der Waals surface area contributed by atoms with Gasteiger partial charge < -0.3 is 4.57 Å². The molecule has 5 heteroatoms. The fourth-order valence-electron chi connectivity index (χ4n) is 5.10. The van der Waals surface area contributed by atoms with Crippen LogP contribution >= 0.6 is 15.9 Å². The Bertz CT molecular complexity index is 1120. The number of aryl methyl sites for hydroxylation is 1. The van der Waals surface area contributed by atoms with E-state index in [0.717, 1.165) is 4.60 Å². The molecular formula is C25H25BrN2O2. The van der Waals surface area contributed by atoms with Gasteiger partial charge in [-0.05, 0) is 70.9 Å². The van der Waals surface area contributed by atoms with Crippen LogP contribution in [-0.2, 0) is 6.54 Å². The maximum Gasteiger partial charge on any atom is 0.261 e. The first kappa shape index (κ1) is 19.6. The van der Waals surface area contributed by atoms with E-state index in [-0.39, 0.29) is 11.8 Å². The van der Waals surface area contributed by atoms with Crippen LogP contribution in [0.4, 0.5) is 0 Å². The van der Waals surface area contributed by atoms with Crippen molar-refractivity contribution in [2.45, 2.75) is 51.5 Å². The molecule has 5 rings (SSSR count). The second-order valence-corrected chi connectivity index (χ2v) is 9.27. The number of amides is 2. The lowest BCUT2D eigenvalue weighted by atomic mass is 9.84. The fraction of sp³-hybridized carbons (Fsp3) is 0.360. The second-order valence-electron chi connectivity index (χ2n) is 8.52. The zero-order chi connectivity index (χ0) is 20.8. The van der Waals surface area contributed by atoms with E-state index in [0.29, 0.717) is 30.1 Å². The van der Waals surface area contributed by atoms with Crippen LogP contribution in [0.3, 0.4) is 0 Å². The van der Waals surface area contributed by atoms with Gasteiger partial charge in [-0.15, -0.1) is 0 Å². The Morgan fingerprint density at radius 1 is 0.933 bits per heavy atom. The van der Waals surface area contributed by atoms with E-state index < -0.39 is 0 Å². The van der Waals surface area contributed by atoms with E-state index in [9.17, 15) is 9.59 Å². The first-order valence-electron chi connectivity index (χ1n) is 10.8. The van der Waals surface area contributed by atoms with Crippen molar-refractivity contribution >= 4 is 38.6 Å². The van der Waals surface area contributed by atoms with Gasteiger partial charge in [-0.2, -0.15) is 0 Å². The highest BCUT2D eigenvalue weighted by Crippen LogP contribution is 2.42. The molecule has 154 valence electrons. The van der Waals surface area contributed by atoms with Gasteiger partial charge in [-0.1, -0.05) is 43.5 Å². The van der Waals surface area contributed by atoms with Crippen LogP contribution in [0.5, 0.6) is 0 Å². The van der Waals surface area contributed by atoms with E-state index in [4.69, 9.17) is 0 Å². The van der Waals surface area contributed by atoms with Gasteiger partial charge in [-0.3, -0.25) is 14.5 Å². The molecule has 0 saturated heterocycles.